The molecule has 0 aromatic heterocycles. The van der Waals surface area contributed by atoms with E-state index in [1.54, 1.807) is 26.0 Å². The molecule has 0 radical (unpaired) electrons. The van der Waals surface area contributed by atoms with Crippen LogP contribution in [0, 0.1) is 27.9 Å². The molecule has 0 aliphatic carbocycles. The predicted molar refractivity (Wildman–Crippen MR) is 106 cm³/mol. The number of aryl methyl sites for hydroxylation is 3. The summed E-state index contributed by atoms with van der Waals surface area (Å²) in [5.74, 6) is -0.613. The summed E-state index contributed by atoms with van der Waals surface area (Å²) >= 11 is -3.52. The molecule has 0 amide bonds. The number of esters is 1. The second kappa shape index (κ2) is 8.37. The van der Waals surface area contributed by atoms with Crippen molar-refractivity contribution in [2.45, 2.75) is 26.3 Å². The van der Waals surface area contributed by atoms with Crippen molar-refractivity contribution in [3.8, 4) is 0 Å². The number of halogens is 4. The van der Waals surface area contributed by atoms with Crippen molar-refractivity contribution < 1.29 is 33.6 Å². The molecule has 0 aliphatic heterocycles. The summed E-state index contributed by atoms with van der Waals surface area (Å²) < 4.78 is 72.5. The molecular weight excluding hydrogens is 512 g/mol. The average molecular weight is 530 g/mol. The maximum absolute atomic E-state index is 13.0. The third-order valence-corrected chi connectivity index (χ3v) is 11.5. The van der Waals surface area contributed by atoms with Crippen molar-refractivity contribution in [2.24, 2.45) is 0 Å². The first-order chi connectivity index (χ1) is 12.9. The first-order valence-electron chi connectivity index (χ1n) is 7.85. The Hall–Kier alpha value is -1.66. The summed E-state index contributed by atoms with van der Waals surface area (Å²) in [6.07, 6.45) is 0. The quantitative estimate of drug-likeness (QED) is 0.318. The topological polar surface area (TPSA) is 69.7 Å². The van der Waals surface area contributed by atoms with E-state index in [2.05, 4.69) is 4.74 Å². The van der Waals surface area contributed by atoms with Gasteiger partial charge in [0.15, 0.2) is 0 Å². The number of rotatable bonds is 5. The first-order valence-corrected chi connectivity index (χ1v) is 12.3. The Morgan fingerprint density at radius 1 is 1.00 bits per heavy atom. The van der Waals surface area contributed by atoms with Gasteiger partial charge in [-0.05, 0) is 0 Å². The fourth-order valence-corrected chi connectivity index (χ4v) is 9.61. The van der Waals surface area contributed by atoms with Gasteiger partial charge in [-0.25, -0.2) is 0 Å². The monoisotopic (exact) mass is 530 g/mol. The number of ether oxygens (including phenoxy) is 1. The van der Waals surface area contributed by atoms with Gasteiger partial charge >= 0.3 is 169 Å². The number of hydrogen-bond acceptors (Lipinski definition) is 5. The minimum absolute atomic E-state index is 0.193. The Balaban J connectivity index is 2.62. The predicted octanol–water partition coefficient (Wildman–Crippen LogP) is 4.73. The summed E-state index contributed by atoms with van der Waals surface area (Å²) in [7, 11) is -4.59. The van der Waals surface area contributed by atoms with E-state index in [4.69, 9.17) is 2.51 Å². The molecule has 0 saturated heterocycles. The Labute approximate surface area is 168 Å². The van der Waals surface area contributed by atoms with Crippen molar-refractivity contribution in [3.05, 3.63) is 65.8 Å². The van der Waals surface area contributed by atoms with Gasteiger partial charge in [0.05, 0.1) is 0 Å². The van der Waals surface area contributed by atoms with Gasteiger partial charge in [0.25, 0.3) is 0 Å². The minimum atomic E-state index is -5.79. The van der Waals surface area contributed by atoms with Crippen molar-refractivity contribution in [1.82, 2.24) is 0 Å². The molecule has 2 aromatic carbocycles. The molecule has 0 aliphatic rings. The standard InChI is InChI=1S/C18H18F3IO5S/c1-11-9-12(2)16(13(3)10-11)22(27-28(24,25)18(19,20)21)15-7-5-14(6-8-15)17(23)26-4/h5-10H,1-4H3. The molecule has 0 spiro atoms. The van der Waals surface area contributed by atoms with E-state index in [0.29, 0.717) is 18.3 Å². The molecule has 5 nitrogen and oxygen atoms in total. The van der Waals surface area contributed by atoms with Gasteiger partial charge in [-0.1, -0.05) is 0 Å². The van der Waals surface area contributed by atoms with E-state index in [1.807, 2.05) is 6.92 Å². The third kappa shape index (κ3) is 4.84. The fourth-order valence-electron chi connectivity index (χ4n) is 2.55. The first kappa shape index (κ1) is 22.6. The van der Waals surface area contributed by atoms with Crippen LogP contribution in [0.4, 0.5) is 13.2 Å². The Morgan fingerprint density at radius 3 is 1.93 bits per heavy atom. The summed E-state index contributed by atoms with van der Waals surface area (Å²) in [5, 5.41) is 0. The number of carbonyl (C=O) groups is 1. The normalized spacial score (nSPS) is 12.6. The average Bonchev–Trinajstić information content (AvgIpc) is 2.58. The van der Waals surface area contributed by atoms with Crippen LogP contribution in [0.25, 0.3) is 0 Å². The van der Waals surface area contributed by atoms with Crippen LogP contribution in [-0.4, -0.2) is 27.0 Å². The number of carbonyl (C=O) groups excluding carboxylic acids is 1. The van der Waals surface area contributed by atoms with E-state index in [-0.39, 0.29) is 5.56 Å². The molecule has 0 fully saturated rings. The van der Waals surface area contributed by atoms with Gasteiger partial charge in [-0.2, -0.15) is 0 Å². The van der Waals surface area contributed by atoms with Crippen LogP contribution in [0.15, 0.2) is 36.4 Å². The molecular formula is C18H18F3IO5S. The van der Waals surface area contributed by atoms with Crippen molar-refractivity contribution in [2.75, 3.05) is 7.11 Å². The zero-order valence-electron chi connectivity index (χ0n) is 15.4. The second-order valence-corrected chi connectivity index (χ2v) is 12.2. The molecule has 28 heavy (non-hydrogen) atoms. The van der Waals surface area contributed by atoms with Crippen LogP contribution >= 0.6 is 20.2 Å². The van der Waals surface area contributed by atoms with Crippen LogP contribution in [-0.2, 0) is 17.4 Å². The van der Waals surface area contributed by atoms with E-state index >= 15 is 0 Å². The van der Waals surface area contributed by atoms with Gasteiger partial charge in [0, 0.05) is 0 Å². The molecule has 0 unspecified atom stereocenters. The molecule has 0 atom stereocenters. The second-order valence-electron chi connectivity index (χ2n) is 5.92. The van der Waals surface area contributed by atoms with Crippen molar-refractivity contribution >= 4 is 36.3 Å². The van der Waals surface area contributed by atoms with Crippen LogP contribution < -0.4 is 0 Å². The third-order valence-electron chi connectivity index (χ3n) is 3.65. The fraction of sp³-hybridized carbons (Fsp3) is 0.278. The SMILES string of the molecule is COC(=O)c1ccc(I(OS(=O)(=O)C(F)(F)F)c2c(C)cc(C)cc2C)cc1. The molecule has 0 heterocycles. The number of hydrogen-bond donors (Lipinski definition) is 0. The summed E-state index contributed by atoms with van der Waals surface area (Å²) in [4.78, 5) is 11.6. The maximum atomic E-state index is 13.0. The molecule has 2 aromatic rings. The Morgan fingerprint density at radius 2 is 1.50 bits per heavy atom. The van der Waals surface area contributed by atoms with Crippen molar-refractivity contribution in [3.63, 3.8) is 0 Å². The molecule has 0 bridgehead atoms. The molecule has 0 N–H and O–H groups in total. The Kier molecular flexibility index (Phi) is 6.77. The molecule has 154 valence electrons. The number of alkyl halides is 3. The zero-order chi connectivity index (χ0) is 21.3. The van der Waals surface area contributed by atoms with Crippen LogP contribution in [0.1, 0.15) is 27.0 Å². The number of benzene rings is 2. The summed E-state index contributed by atoms with van der Waals surface area (Å²) in [5.41, 5.74) is -3.14. The molecule has 10 heteroatoms. The van der Waals surface area contributed by atoms with E-state index in [0.717, 1.165) is 5.56 Å². The van der Waals surface area contributed by atoms with E-state index in [1.165, 1.54) is 31.4 Å². The summed E-state index contributed by atoms with van der Waals surface area (Å²) in [6, 6.07) is 9.07. The molecule has 2 rings (SSSR count). The van der Waals surface area contributed by atoms with Gasteiger partial charge in [0.1, 0.15) is 0 Å². The zero-order valence-corrected chi connectivity index (χ0v) is 18.4. The van der Waals surface area contributed by atoms with E-state index in [9.17, 15) is 26.4 Å². The Bertz CT molecular complexity index is 962. The van der Waals surface area contributed by atoms with E-state index < -0.39 is 41.8 Å². The summed E-state index contributed by atoms with van der Waals surface area (Å²) in [6.45, 7) is 5.24. The van der Waals surface area contributed by atoms with Crippen LogP contribution in [0.5, 0.6) is 0 Å². The van der Waals surface area contributed by atoms with Gasteiger partial charge in [0.2, 0.25) is 0 Å². The van der Waals surface area contributed by atoms with Crippen LogP contribution in [0.3, 0.4) is 0 Å². The van der Waals surface area contributed by atoms with Crippen molar-refractivity contribution in [1.29, 1.82) is 0 Å². The number of methoxy groups -OCH3 is 1. The van der Waals surface area contributed by atoms with Crippen LogP contribution in [0.2, 0.25) is 0 Å². The molecule has 0 saturated carbocycles. The van der Waals surface area contributed by atoms with Gasteiger partial charge in [-0.3, -0.25) is 0 Å². The van der Waals surface area contributed by atoms with Gasteiger partial charge in [-0.15, -0.1) is 0 Å². The van der Waals surface area contributed by atoms with Gasteiger partial charge < -0.3 is 0 Å².